The van der Waals surface area contributed by atoms with Crippen LogP contribution in [0.3, 0.4) is 0 Å². The minimum Gasteiger partial charge on any atom is -0.442 e. The molecule has 6 atom stereocenters. The molecule has 0 spiro atoms. The number of nitrogens with zero attached hydrogens (tertiary/aromatic N) is 8. The summed E-state index contributed by atoms with van der Waals surface area (Å²) in [5, 5.41) is 11.0. The SMILES string of the molecule is CC(=NC(=O)OC(C)(C)C)N1CC[C@H](ONC(=O)[C@@H]2CC[C@@H]3CN2C(=O)N3O)C1.CC(=NC(=O)OC(C)(C)C)N1CC[C@H](ONC(=O)[C@@H]2CC[C@@H]3CN2C(=O)N3OS(=O)(=O)O)C1. The number of amides is 8. The van der Waals surface area contributed by atoms with Gasteiger partial charge in [0.15, 0.2) is 0 Å². The summed E-state index contributed by atoms with van der Waals surface area (Å²) in [6.45, 7) is 16.5. The molecule has 0 aromatic rings. The number of rotatable bonds is 8. The first kappa shape index (κ1) is 48.1. The zero-order valence-corrected chi connectivity index (χ0v) is 37.0. The number of carbonyl (C=O) groups is 6. The summed E-state index contributed by atoms with van der Waals surface area (Å²) in [5.41, 5.74) is 3.57. The van der Waals surface area contributed by atoms with Crippen LogP contribution in [-0.4, -0.2) is 182 Å². The van der Waals surface area contributed by atoms with Crippen LogP contribution in [0.25, 0.3) is 0 Å². The van der Waals surface area contributed by atoms with E-state index in [-0.39, 0.29) is 31.2 Å². The van der Waals surface area contributed by atoms with Crippen LogP contribution < -0.4 is 11.0 Å². The number of hydroxylamine groups is 6. The van der Waals surface area contributed by atoms with Gasteiger partial charge in [-0.25, -0.2) is 35.2 Å². The van der Waals surface area contributed by atoms with E-state index in [0.717, 1.165) is 0 Å². The van der Waals surface area contributed by atoms with Crippen LogP contribution in [0.4, 0.5) is 19.2 Å². The minimum absolute atomic E-state index is 0.0873. The highest BCUT2D eigenvalue weighted by Gasteiger charge is 2.50. The van der Waals surface area contributed by atoms with Gasteiger partial charge in [-0.15, -0.1) is 4.28 Å². The normalized spacial score (nSPS) is 26.7. The molecule has 0 aromatic heterocycles. The monoisotopic (exact) mass is 902 g/mol. The molecule has 4 bridgehead atoms. The van der Waals surface area contributed by atoms with Gasteiger partial charge in [-0.3, -0.25) is 29.0 Å². The molecule has 6 saturated heterocycles. The van der Waals surface area contributed by atoms with Crippen molar-refractivity contribution in [3.8, 4) is 0 Å². The summed E-state index contributed by atoms with van der Waals surface area (Å²) in [4.78, 5) is 98.3. The Labute approximate surface area is 359 Å². The summed E-state index contributed by atoms with van der Waals surface area (Å²) in [6.07, 6.45) is 0.907. The molecule has 4 N–H and O–H groups in total. The van der Waals surface area contributed by atoms with Crippen molar-refractivity contribution in [3.63, 3.8) is 0 Å². The Hall–Kier alpha value is -4.89. The lowest BCUT2D eigenvalue weighted by atomic mass is 10.0. The van der Waals surface area contributed by atoms with Gasteiger partial charge in [0.05, 0.1) is 12.1 Å². The molecule has 8 amide bonds. The summed E-state index contributed by atoms with van der Waals surface area (Å²) in [5.74, 6) is 0.0556. The quantitative estimate of drug-likeness (QED) is 0.0884. The van der Waals surface area contributed by atoms with Gasteiger partial charge in [0, 0.05) is 39.3 Å². The number of piperidine rings is 2. The molecule has 6 fully saturated rings. The maximum atomic E-state index is 12.6. The van der Waals surface area contributed by atoms with E-state index in [0.29, 0.717) is 86.6 Å². The van der Waals surface area contributed by atoms with Crippen LogP contribution in [0.1, 0.15) is 93.9 Å². The number of carbonyl (C=O) groups excluding carboxylic acids is 6. The lowest BCUT2D eigenvalue weighted by Crippen LogP contribution is -2.50. The molecule has 0 unspecified atom stereocenters. The van der Waals surface area contributed by atoms with E-state index in [9.17, 15) is 42.4 Å². The average Bonchev–Trinajstić information content (AvgIpc) is 3.93. The molecule has 26 heteroatoms. The second kappa shape index (κ2) is 19.2. The molecule has 62 heavy (non-hydrogen) atoms. The van der Waals surface area contributed by atoms with E-state index in [2.05, 4.69) is 25.2 Å². The van der Waals surface area contributed by atoms with Gasteiger partial charge >= 0.3 is 34.6 Å². The second-order valence-corrected chi connectivity index (χ2v) is 18.7. The average molecular weight is 903 g/mol. The van der Waals surface area contributed by atoms with Crippen molar-refractivity contribution in [2.24, 2.45) is 9.98 Å². The van der Waals surface area contributed by atoms with Crippen molar-refractivity contribution in [1.29, 1.82) is 0 Å². The number of fused-ring (bicyclic) bond motifs is 4. The summed E-state index contributed by atoms with van der Waals surface area (Å²) >= 11 is 0. The standard InChI is InChI=1S/C18H29N5O9S.C18H29N5O6/c1-11(19-16(25)30-18(2,3)4)21-8-7-13(10-21)31-20-15(24)14-6-5-12-9-22(14)17(26)23(12)32-33(27,28)29;1-11(19-16(25)28-18(2,3)4)21-8-7-13(10-21)29-20-15(24)14-6-5-12-9-22(14)17(26)23(12)27/h12-14H,5-10H2,1-4H3,(H,20,24)(H,27,28,29);12-14,27H,5-10H2,1-4H3,(H,20,24)/t2*12-,13+,14+/m11/s1. The van der Waals surface area contributed by atoms with E-state index in [1.165, 1.54) is 9.80 Å². The van der Waals surface area contributed by atoms with Gasteiger partial charge in [0.1, 0.15) is 47.2 Å². The molecule has 6 heterocycles. The third-order valence-corrected chi connectivity index (χ3v) is 10.9. The van der Waals surface area contributed by atoms with E-state index in [1.54, 1.807) is 55.4 Å². The summed E-state index contributed by atoms with van der Waals surface area (Å²) < 4.78 is 45.5. The lowest BCUT2D eigenvalue weighted by Gasteiger charge is -2.29. The summed E-state index contributed by atoms with van der Waals surface area (Å²) in [6, 6.07) is -3.71. The first-order chi connectivity index (χ1) is 28.8. The Balaban J connectivity index is 0.000000236. The topological polar surface area (TPSA) is 291 Å². The Morgan fingerprint density at radius 3 is 1.52 bits per heavy atom. The zero-order valence-electron chi connectivity index (χ0n) is 36.1. The zero-order chi connectivity index (χ0) is 45.9. The Morgan fingerprint density at radius 1 is 0.661 bits per heavy atom. The van der Waals surface area contributed by atoms with E-state index >= 15 is 0 Å². The van der Waals surface area contributed by atoms with Crippen LogP contribution >= 0.6 is 0 Å². The fraction of sp³-hybridized carbons (Fsp3) is 0.778. The molecule has 0 aromatic carbocycles. The van der Waals surface area contributed by atoms with Gasteiger partial charge < -0.3 is 29.1 Å². The van der Waals surface area contributed by atoms with Gasteiger partial charge in [-0.2, -0.15) is 23.5 Å². The van der Waals surface area contributed by atoms with Crippen LogP contribution in [0, 0.1) is 0 Å². The number of hydrogen-bond acceptors (Lipinski definition) is 14. The van der Waals surface area contributed by atoms with Gasteiger partial charge in [-0.05, 0) is 93.9 Å². The number of amidine groups is 2. The molecule has 6 rings (SSSR count). The fourth-order valence-corrected chi connectivity index (χ4v) is 8.05. The number of nitrogens with one attached hydrogen (secondary N) is 2. The molecular formula is C36H58N10O15S. The maximum absolute atomic E-state index is 12.6. The Kier molecular flexibility index (Phi) is 14.9. The Bertz CT molecular complexity index is 1900. The van der Waals surface area contributed by atoms with Crippen molar-refractivity contribution in [1.82, 2.24) is 40.7 Å². The largest absolute Gasteiger partial charge is 0.442 e. The van der Waals surface area contributed by atoms with Gasteiger partial charge in [-0.1, -0.05) is 0 Å². The second-order valence-electron chi connectivity index (χ2n) is 17.7. The van der Waals surface area contributed by atoms with Crippen molar-refractivity contribution >= 4 is 58.1 Å². The highest BCUT2D eigenvalue weighted by atomic mass is 32.3. The van der Waals surface area contributed by atoms with Crippen molar-refractivity contribution in [2.45, 2.75) is 141 Å². The molecule has 0 radical (unpaired) electrons. The Morgan fingerprint density at radius 2 is 1.08 bits per heavy atom. The van der Waals surface area contributed by atoms with E-state index in [1.807, 2.05) is 9.80 Å². The van der Waals surface area contributed by atoms with E-state index in [4.69, 9.17) is 23.7 Å². The lowest BCUT2D eigenvalue weighted by molar-refractivity contribution is -0.143. The molecule has 0 aliphatic carbocycles. The number of hydrogen-bond donors (Lipinski definition) is 4. The molecule has 0 saturated carbocycles. The first-order valence-electron chi connectivity index (χ1n) is 20.3. The number of urea groups is 2. The number of aliphatic imine (C=N–C) groups is 2. The molecule has 25 nitrogen and oxygen atoms in total. The predicted octanol–water partition coefficient (Wildman–Crippen LogP) is 1.58. The van der Waals surface area contributed by atoms with Crippen molar-refractivity contribution < 1.29 is 70.4 Å². The first-order valence-corrected chi connectivity index (χ1v) is 21.7. The van der Waals surface area contributed by atoms with Gasteiger partial charge in [0.2, 0.25) is 0 Å². The highest BCUT2D eigenvalue weighted by molar-refractivity contribution is 7.80. The summed E-state index contributed by atoms with van der Waals surface area (Å²) in [7, 11) is -4.86. The van der Waals surface area contributed by atoms with Crippen LogP contribution in [0.2, 0.25) is 0 Å². The maximum Gasteiger partial charge on any atom is 0.435 e. The van der Waals surface area contributed by atoms with Gasteiger partial charge in [0.25, 0.3) is 11.8 Å². The van der Waals surface area contributed by atoms with Crippen molar-refractivity contribution in [2.75, 3.05) is 39.3 Å². The minimum atomic E-state index is -4.86. The molecule has 6 aliphatic rings. The highest BCUT2D eigenvalue weighted by Crippen LogP contribution is 2.31. The number of likely N-dealkylation sites (tertiary alicyclic amines) is 2. The molecule has 6 aliphatic heterocycles. The van der Waals surface area contributed by atoms with Crippen LogP contribution in [-0.2, 0) is 43.4 Å². The van der Waals surface area contributed by atoms with Crippen LogP contribution in [0.15, 0.2) is 9.98 Å². The molecule has 348 valence electrons. The smallest absolute Gasteiger partial charge is 0.435 e. The van der Waals surface area contributed by atoms with Crippen LogP contribution in [0.5, 0.6) is 0 Å². The number of ether oxygens (including phenoxy) is 2. The fourth-order valence-electron chi connectivity index (χ4n) is 7.66. The molecular weight excluding hydrogens is 845 g/mol. The van der Waals surface area contributed by atoms with E-state index < -0.39 is 75.8 Å². The predicted molar refractivity (Wildman–Crippen MR) is 213 cm³/mol. The van der Waals surface area contributed by atoms with Crippen molar-refractivity contribution in [3.05, 3.63) is 0 Å². The third kappa shape index (κ3) is 12.8. The third-order valence-electron chi connectivity index (χ3n) is 10.6.